The average Bonchev–Trinajstić information content (AvgIpc) is 2.83. The summed E-state index contributed by atoms with van der Waals surface area (Å²) < 4.78 is 0. The van der Waals surface area contributed by atoms with Crippen LogP contribution in [0.1, 0.15) is 58.5 Å². The minimum Gasteiger partial charge on any atom is -0.348 e. The van der Waals surface area contributed by atoms with Gasteiger partial charge in [-0.05, 0) is 72.1 Å². The van der Waals surface area contributed by atoms with Gasteiger partial charge in [-0.25, -0.2) is 5.48 Å². The van der Waals surface area contributed by atoms with Crippen molar-refractivity contribution in [3.8, 4) is 0 Å². The molecule has 3 rings (SSSR count). The number of halogens is 1. The van der Waals surface area contributed by atoms with Crippen molar-refractivity contribution in [2.75, 3.05) is 13.1 Å². The zero-order chi connectivity index (χ0) is 22.9. The van der Waals surface area contributed by atoms with E-state index in [0.29, 0.717) is 12.1 Å². The Morgan fingerprint density at radius 2 is 1.30 bits per heavy atom. The standard InChI is InChI=1S/C26H31N3O3.ClH/c1-3-15-29(16-4-2)18-22-14-13-21(23-7-5-6-8-24(22)23)17-27-25(30)19-9-11-20(12-10-19)26(31)28-32;/h5-14,32H,3-4,15-18H2,1-2H3,(H,27,30)(H,28,31);1H. The highest BCUT2D eigenvalue weighted by Gasteiger charge is 2.12. The van der Waals surface area contributed by atoms with Gasteiger partial charge >= 0.3 is 0 Å². The van der Waals surface area contributed by atoms with E-state index in [4.69, 9.17) is 5.21 Å². The summed E-state index contributed by atoms with van der Waals surface area (Å²) in [6.45, 7) is 7.91. The summed E-state index contributed by atoms with van der Waals surface area (Å²) in [4.78, 5) is 26.5. The largest absolute Gasteiger partial charge is 0.348 e. The lowest BCUT2D eigenvalue weighted by atomic mass is 9.98. The van der Waals surface area contributed by atoms with Crippen LogP contribution in [-0.4, -0.2) is 35.0 Å². The number of hydroxylamine groups is 1. The van der Waals surface area contributed by atoms with Crippen molar-refractivity contribution < 1.29 is 14.8 Å². The van der Waals surface area contributed by atoms with E-state index in [1.165, 1.54) is 23.1 Å². The smallest absolute Gasteiger partial charge is 0.274 e. The topological polar surface area (TPSA) is 81.7 Å². The molecule has 0 heterocycles. The van der Waals surface area contributed by atoms with Crippen molar-refractivity contribution in [2.24, 2.45) is 0 Å². The monoisotopic (exact) mass is 469 g/mol. The van der Waals surface area contributed by atoms with E-state index in [0.717, 1.165) is 43.4 Å². The normalized spacial score (nSPS) is 10.7. The minimum absolute atomic E-state index is 0. The van der Waals surface area contributed by atoms with Crippen LogP contribution >= 0.6 is 12.4 Å². The van der Waals surface area contributed by atoms with E-state index < -0.39 is 5.91 Å². The predicted molar refractivity (Wildman–Crippen MR) is 134 cm³/mol. The number of carbonyl (C=O) groups is 2. The lowest BCUT2D eigenvalue weighted by Crippen LogP contribution is -2.25. The molecule has 7 heteroatoms. The summed E-state index contributed by atoms with van der Waals surface area (Å²) in [5, 5.41) is 14.0. The Morgan fingerprint density at radius 3 is 1.85 bits per heavy atom. The van der Waals surface area contributed by atoms with Gasteiger partial charge in [-0.15, -0.1) is 12.4 Å². The summed E-state index contributed by atoms with van der Waals surface area (Å²) in [5.41, 5.74) is 4.68. The second-order valence-electron chi connectivity index (χ2n) is 7.91. The first-order chi connectivity index (χ1) is 15.6. The van der Waals surface area contributed by atoms with Gasteiger partial charge in [0.05, 0.1) is 0 Å². The number of rotatable bonds is 10. The molecule has 0 fully saturated rings. The van der Waals surface area contributed by atoms with Crippen LogP contribution in [0.25, 0.3) is 10.8 Å². The van der Waals surface area contributed by atoms with Gasteiger partial charge in [-0.3, -0.25) is 19.7 Å². The maximum Gasteiger partial charge on any atom is 0.274 e. The summed E-state index contributed by atoms with van der Waals surface area (Å²) in [6, 6.07) is 18.7. The number of hydrogen-bond acceptors (Lipinski definition) is 4. The first-order valence-electron chi connectivity index (χ1n) is 11.1. The quantitative estimate of drug-likeness (QED) is 0.290. The van der Waals surface area contributed by atoms with Crippen LogP contribution < -0.4 is 10.8 Å². The molecular weight excluding hydrogens is 438 g/mol. The van der Waals surface area contributed by atoms with Crippen LogP contribution in [0, 0.1) is 0 Å². The third-order valence-electron chi connectivity index (χ3n) is 5.53. The fourth-order valence-corrected chi connectivity index (χ4v) is 3.97. The fourth-order valence-electron chi connectivity index (χ4n) is 3.97. The molecule has 0 saturated heterocycles. The number of amides is 2. The van der Waals surface area contributed by atoms with Crippen LogP contribution in [0.4, 0.5) is 0 Å². The lowest BCUT2D eigenvalue weighted by Gasteiger charge is -2.22. The molecule has 0 spiro atoms. The van der Waals surface area contributed by atoms with Gasteiger partial charge < -0.3 is 5.32 Å². The van der Waals surface area contributed by atoms with E-state index in [-0.39, 0.29) is 23.9 Å². The molecule has 3 aromatic rings. The molecule has 0 saturated carbocycles. The maximum atomic E-state index is 12.6. The number of benzene rings is 3. The van der Waals surface area contributed by atoms with Crippen LogP contribution in [0.5, 0.6) is 0 Å². The molecule has 6 nitrogen and oxygen atoms in total. The molecule has 2 amide bonds. The molecule has 176 valence electrons. The Kier molecular flexibility index (Phi) is 10.3. The zero-order valence-electron chi connectivity index (χ0n) is 19.1. The molecule has 0 aliphatic rings. The van der Waals surface area contributed by atoms with Crippen molar-refractivity contribution in [1.82, 2.24) is 15.7 Å². The van der Waals surface area contributed by atoms with Crippen molar-refractivity contribution in [3.63, 3.8) is 0 Å². The lowest BCUT2D eigenvalue weighted by molar-refractivity contribution is 0.0706. The Morgan fingerprint density at radius 1 is 0.788 bits per heavy atom. The highest BCUT2D eigenvalue weighted by atomic mass is 35.5. The summed E-state index contributed by atoms with van der Waals surface area (Å²) >= 11 is 0. The summed E-state index contributed by atoms with van der Waals surface area (Å²) in [6.07, 6.45) is 2.27. The second-order valence-corrected chi connectivity index (χ2v) is 7.91. The van der Waals surface area contributed by atoms with Crippen LogP contribution in [0.15, 0.2) is 60.7 Å². The number of fused-ring (bicyclic) bond motifs is 1. The first-order valence-corrected chi connectivity index (χ1v) is 11.1. The van der Waals surface area contributed by atoms with Crippen molar-refractivity contribution in [3.05, 3.63) is 82.9 Å². The van der Waals surface area contributed by atoms with E-state index in [9.17, 15) is 9.59 Å². The molecule has 0 unspecified atom stereocenters. The number of hydrogen-bond donors (Lipinski definition) is 3. The van der Waals surface area contributed by atoms with Crippen molar-refractivity contribution >= 4 is 35.0 Å². The molecular formula is C26H32ClN3O3. The van der Waals surface area contributed by atoms with Gasteiger partial charge in [0.2, 0.25) is 0 Å². The summed E-state index contributed by atoms with van der Waals surface area (Å²) in [5.74, 6) is -0.828. The van der Waals surface area contributed by atoms with Gasteiger partial charge in [-0.1, -0.05) is 50.2 Å². The summed E-state index contributed by atoms with van der Waals surface area (Å²) in [7, 11) is 0. The van der Waals surface area contributed by atoms with E-state index in [1.807, 2.05) is 6.07 Å². The second kappa shape index (κ2) is 12.9. The number of nitrogens with one attached hydrogen (secondary N) is 2. The molecule has 0 aromatic heterocycles. The molecule has 33 heavy (non-hydrogen) atoms. The minimum atomic E-state index is -0.611. The van der Waals surface area contributed by atoms with Gasteiger partial charge in [0, 0.05) is 24.2 Å². The molecule has 0 bridgehead atoms. The van der Waals surface area contributed by atoms with Crippen LogP contribution in [0.3, 0.4) is 0 Å². The SMILES string of the molecule is CCCN(CCC)Cc1ccc(CNC(=O)c2ccc(C(=O)NO)cc2)c2ccccc12.Cl. The van der Waals surface area contributed by atoms with Crippen LogP contribution in [-0.2, 0) is 13.1 Å². The average molecular weight is 470 g/mol. The molecule has 0 aliphatic heterocycles. The Bertz CT molecular complexity index is 1060. The van der Waals surface area contributed by atoms with Gasteiger partial charge in [-0.2, -0.15) is 0 Å². The molecule has 0 aliphatic carbocycles. The Hall–Kier alpha value is -2.93. The first kappa shape index (κ1) is 26.3. The predicted octanol–water partition coefficient (Wildman–Crippen LogP) is 4.93. The zero-order valence-corrected chi connectivity index (χ0v) is 20.0. The van der Waals surface area contributed by atoms with Gasteiger partial charge in [0.25, 0.3) is 11.8 Å². The molecule has 0 radical (unpaired) electrons. The highest BCUT2D eigenvalue weighted by molar-refractivity contribution is 5.97. The molecule has 0 atom stereocenters. The van der Waals surface area contributed by atoms with Gasteiger partial charge in [0.15, 0.2) is 0 Å². The van der Waals surface area contributed by atoms with E-state index >= 15 is 0 Å². The maximum absolute atomic E-state index is 12.6. The third-order valence-corrected chi connectivity index (χ3v) is 5.53. The van der Waals surface area contributed by atoms with E-state index in [2.05, 4.69) is 54.4 Å². The number of carbonyl (C=O) groups excluding carboxylic acids is 2. The number of nitrogens with zero attached hydrogens (tertiary/aromatic N) is 1. The van der Waals surface area contributed by atoms with E-state index in [1.54, 1.807) is 17.6 Å². The molecule has 3 N–H and O–H groups in total. The van der Waals surface area contributed by atoms with Crippen LogP contribution in [0.2, 0.25) is 0 Å². The highest BCUT2D eigenvalue weighted by Crippen LogP contribution is 2.24. The third kappa shape index (κ3) is 6.78. The Labute approximate surface area is 201 Å². The molecule has 3 aromatic carbocycles. The fraction of sp³-hybridized carbons (Fsp3) is 0.308. The van der Waals surface area contributed by atoms with Gasteiger partial charge in [0.1, 0.15) is 0 Å². The van der Waals surface area contributed by atoms with Crippen molar-refractivity contribution in [2.45, 2.75) is 39.8 Å². The van der Waals surface area contributed by atoms with Crippen molar-refractivity contribution in [1.29, 1.82) is 0 Å². The Balaban J connectivity index is 0.00000385.